The van der Waals surface area contributed by atoms with Gasteiger partial charge in [0, 0.05) is 35.3 Å². The molecule has 2 aromatic carbocycles. The first-order chi connectivity index (χ1) is 10.1. The summed E-state index contributed by atoms with van der Waals surface area (Å²) in [5, 5.41) is 3.53. The van der Waals surface area contributed by atoms with Crippen LogP contribution in [0.3, 0.4) is 0 Å². The zero-order chi connectivity index (χ0) is 15.0. The monoisotopic (exact) mass is 335 g/mol. The van der Waals surface area contributed by atoms with Crippen molar-refractivity contribution in [2.45, 2.75) is 9.79 Å². The number of fused-ring (bicyclic) bond motifs is 2. The summed E-state index contributed by atoms with van der Waals surface area (Å²) in [6.07, 6.45) is 0. The van der Waals surface area contributed by atoms with Crippen molar-refractivity contribution in [2.75, 3.05) is 35.4 Å². The van der Waals surface area contributed by atoms with E-state index in [-0.39, 0.29) is 0 Å². The average molecular weight is 335 g/mol. The molecule has 0 bridgehead atoms. The Morgan fingerprint density at radius 1 is 1.00 bits per heavy atom. The smallest absolute Gasteiger partial charge is 0.0527 e. The molecule has 0 saturated carbocycles. The highest BCUT2D eigenvalue weighted by Gasteiger charge is 2.17. The fourth-order valence-corrected chi connectivity index (χ4v) is 3.83. The summed E-state index contributed by atoms with van der Waals surface area (Å²) in [6.45, 7) is 2.20. The second kappa shape index (κ2) is 6.04. The Morgan fingerprint density at radius 3 is 2.14 bits per heavy atom. The van der Waals surface area contributed by atoms with Gasteiger partial charge in [0.2, 0.25) is 0 Å². The average Bonchev–Trinajstić information content (AvgIpc) is 2.50. The number of nitrogens with one attached hydrogen (secondary N) is 1. The minimum atomic E-state index is 0.774. The summed E-state index contributed by atoms with van der Waals surface area (Å²) >= 11 is 1.83. The molecule has 2 atom stereocenters. The Labute approximate surface area is 134 Å². The van der Waals surface area contributed by atoms with E-state index < -0.39 is 0 Å². The van der Waals surface area contributed by atoms with Crippen molar-refractivity contribution in [2.24, 2.45) is 0 Å². The molecule has 3 rings (SSSR count). The molecule has 0 aromatic heterocycles. The zero-order valence-electron chi connectivity index (χ0n) is 12.3. The normalized spacial score (nSPS) is 12.8. The number of rotatable bonds is 3. The van der Waals surface area contributed by atoms with Crippen molar-refractivity contribution in [1.82, 2.24) is 0 Å². The summed E-state index contributed by atoms with van der Waals surface area (Å²) in [4.78, 5) is 2.56. The zero-order valence-corrected chi connectivity index (χ0v) is 15.3. The van der Waals surface area contributed by atoms with Crippen molar-refractivity contribution in [3.63, 3.8) is 0 Å². The van der Waals surface area contributed by atoms with E-state index in [2.05, 4.69) is 74.2 Å². The minimum absolute atomic E-state index is 0.774. The number of anilines is 4. The van der Waals surface area contributed by atoms with Gasteiger partial charge >= 0.3 is 0 Å². The van der Waals surface area contributed by atoms with Gasteiger partial charge in [0.25, 0.3) is 0 Å². The molecular formula is C15H19N3P2S. The maximum atomic E-state index is 3.53. The molecular weight excluding hydrogens is 316 g/mol. The van der Waals surface area contributed by atoms with Gasteiger partial charge in [-0.2, -0.15) is 0 Å². The van der Waals surface area contributed by atoms with Crippen LogP contribution in [0.2, 0.25) is 0 Å². The topological polar surface area (TPSA) is 18.5 Å². The maximum absolute atomic E-state index is 3.53. The van der Waals surface area contributed by atoms with Crippen LogP contribution in [-0.2, 0) is 0 Å². The molecule has 21 heavy (non-hydrogen) atoms. The molecule has 0 amide bonds. The highest BCUT2D eigenvalue weighted by molar-refractivity contribution is 7.99. The van der Waals surface area contributed by atoms with Gasteiger partial charge in [0.1, 0.15) is 0 Å². The first-order valence-corrected chi connectivity index (χ1v) is 9.49. The molecule has 1 heterocycles. The Hall–Kier alpha value is -0.950. The summed E-state index contributed by atoms with van der Waals surface area (Å²) in [5.74, 6) is 0. The predicted molar refractivity (Wildman–Crippen MR) is 101 cm³/mol. The SMILES string of the molecule is CPN(C)c1ccc2c(c1)Sc1cc(N(C)P)ccc1N2. The highest BCUT2D eigenvalue weighted by Crippen LogP contribution is 2.47. The lowest BCUT2D eigenvalue weighted by Crippen LogP contribution is -2.06. The van der Waals surface area contributed by atoms with Gasteiger partial charge < -0.3 is 14.7 Å². The van der Waals surface area contributed by atoms with Crippen molar-refractivity contribution >= 4 is 52.6 Å². The van der Waals surface area contributed by atoms with E-state index in [1.54, 1.807) is 0 Å². The van der Waals surface area contributed by atoms with Crippen LogP contribution in [0.25, 0.3) is 0 Å². The molecule has 1 aliphatic heterocycles. The highest BCUT2D eigenvalue weighted by atomic mass is 32.2. The molecule has 2 unspecified atom stereocenters. The van der Waals surface area contributed by atoms with E-state index in [4.69, 9.17) is 0 Å². The Bertz CT molecular complexity index is 676. The lowest BCUT2D eigenvalue weighted by Gasteiger charge is -2.25. The van der Waals surface area contributed by atoms with E-state index in [0.29, 0.717) is 0 Å². The third kappa shape index (κ3) is 2.99. The molecule has 0 aliphatic carbocycles. The number of nitrogens with zero attached hydrogens (tertiary/aromatic N) is 2. The Kier molecular flexibility index (Phi) is 4.31. The second-order valence-corrected chi connectivity index (χ2v) is 7.96. The van der Waals surface area contributed by atoms with Crippen LogP contribution in [0, 0.1) is 0 Å². The summed E-state index contributed by atoms with van der Waals surface area (Å²) in [7, 11) is 7.65. The number of hydrogen-bond donors (Lipinski definition) is 1. The van der Waals surface area contributed by atoms with E-state index in [1.807, 2.05) is 18.8 Å². The Morgan fingerprint density at radius 2 is 1.57 bits per heavy atom. The first-order valence-electron chi connectivity index (χ1n) is 6.71. The van der Waals surface area contributed by atoms with Crippen molar-refractivity contribution in [3.05, 3.63) is 36.4 Å². The largest absolute Gasteiger partial charge is 0.359 e. The van der Waals surface area contributed by atoms with Crippen LogP contribution in [-0.4, -0.2) is 20.8 Å². The molecule has 1 aliphatic rings. The van der Waals surface area contributed by atoms with Gasteiger partial charge in [-0.15, -0.1) is 0 Å². The summed E-state index contributed by atoms with van der Waals surface area (Å²) in [6, 6.07) is 13.1. The first kappa shape index (κ1) is 15.0. The standard InChI is InChI=1S/C15H19N3P2S/c1-17(19)10-4-6-12-14(8-10)21-15-9-11(18(2)20-3)5-7-13(15)16-12/h4-9,16,20H,19H2,1-3H3. The lowest BCUT2D eigenvalue weighted by atomic mass is 10.2. The molecule has 0 saturated heterocycles. The van der Waals surface area contributed by atoms with Crippen LogP contribution in [0.1, 0.15) is 0 Å². The van der Waals surface area contributed by atoms with Crippen molar-refractivity contribution in [1.29, 1.82) is 0 Å². The lowest BCUT2D eigenvalue weighted by molar-refractivity contribution is 1.26. The molecule has 0 fully saturated rings. The van der Waals surface area contributed by atoms with E-state index >= 15 is 0 Å². The van der Waals surface area contributed by atoms with Gasteiger partial charge in [-0.25, -0.2) is 0 Å². The summed E-state index contributed by atoms with van der Waals surface area (Å²) < 4.78 is 4.34. The van der Waals surface area contributed by atoms with Crippen LogP contribution >= 0.6 is 29.9 Å². The fourth-order valence-electron chi connectivity index (χ4n) is 2.22. The third-order valence-electron chi connectivity index (χ3n) is 3.55. The van der Waals surface area contributed by atoms with Gasteiger partial charge in [-0.3, -0.25) is 0 Å². The van der Waals surface area contributed by atoms with Gasteiger partial charge in [-0.1, -0.05) is 11.8 Å². The fraction of sp³-hybridized carbons (Fsp3) is 0.200. The van der Waals surface area contributed by atoms with Crippen LogP contribution in [0.4, 0.5) is 22.7 Å². The van der Waals surface area contributed by atoms with E-state index in [1.165, 1.54) is 32.5 Å². The number of benzene rings is 2. The minimum Gasteiger partial charge on any atom is -0.359 e. The van der Waals surface area contributed by atoms with E-state index in [0.717, 1.165) is 8.73 Å². The van der Waals surface area contributed by atoms with Crippen molar-refractivity contribution in [3.8, 4) is 0 Å². The molecule has 1 N–H and O–H groups in total. The van der Waals surface area contributed by atoms with E-state index in [9.17, 15) is 0 Å². The molecule has 6 heteroatoms. The molecule has 2 aromatic rings. The van der Waals surface area contributed by atoms with Gasteiger partial charge in [0.05, 0.1) is 11.4 Å². The summed E-state index contributed by atoms with van der Waals surface area (Å²) in [5.41, 5.74) is 4.84. The molecule has 3 nitrogen and oxygen atoms in total. The predicted octanol–water partition coefficient (Wildman–Crippen LogP) is 4.78. The van der Waals surface area contributed by atoms with Crippen molar-refractivity contribution < 1.29 is 0 Å². The molecule has 0 spiro atoms. The molecule has 110 valence electrons. The van der Waals surface area contributed by atoms with Crippen LogP contribution in [0.15, 0.2) is 46.2 Å². The van der Waals surface area contributed by atoms with Gasteiger partial charge in [-0.05, 0) is 61.2 Å². The van der Waals surface area contributed by atoms with Crippen LogP contribution in [0.5, 0.6) is 0 Å². The van der Waals surface area contributed by atoms with Crippen LogP contribution < -0.4 is 14.7 Å². The quantitative estimate of drug-likeness (QED) is 0.694. The maximum Gasteiger partial charge on any atom is 0.0527 e. The molecule has 0 radical (unpaired) electrons. The van der Waals surface area contributed by atoms with Gasteiger partial charge in [0.15, 0.2) is 0 Å². The number of hydrogen-bond acceptors (Lipinski definition) is 4. The second-order valence-electron chi connectivity index (χ2n) is 4.98. The Balaban J connectivity index is 1.96. The third-order valence-corrected chi connectivity index (χ3v) is 5.89.